The molecule has 4 aromatic rings. The van der Waals surface area contributed by atoms with Crippen LogP contribution >= 0.6 is 23.1 Å². The van der Waals surface area contributed by atoms with E-state index < -0.39 is 17.2 Å². The number of fused-ring (bicyclic) bond motifs is 1. The number of methoxy groups -OCH3 is 1. The van der Waals surface area contributed by atoms with Crippen LogP contribution in [0, 0.1) is 0 Å². The van der Waals surface area contributed by atoms with Gasteiger partial charge in [0.05, 0.1) is 29.8 Å². The molecular formula is C29H29N3O6S2. The number of amides is 1. The highest BCUT2D eigenvalue weighted by molar-refractivity contribution is 8.00. The minimum Gasteiger partial charge on any atom is -0.538 e. The van der Waals surface area contributed by atoms with Gasteiger partial charge in [-0.3, -0.25) is 4.79 Å². The number of hydrogen-bond acceptors (Lipinski definition) is 9. The highest BCUT2D eigenvalue weighted by Crippen LogP contribution is 2.43. The average Bonchev–Trinajstić information content (AvgIpc) is 3.52. The molecule has 0 saturated heterocycles. The van der Waals surface area contributed by atoms with Gasteiger partial charge in [0.2, 0.25) is 11.6 Å². The molecule has 40 heavy (non-hydrogen) atoms. The van der Waals surface area contributed by atoms with Crippen molar-refractivity contribution in [3.8, 4) is 17.4 Å². The van der Waals surface area contributed by atoms with Crippen molar-refractivity contribution in [2.75, 3.05) is 19.0 Å². The fourth-order valence-electron chi connectivity index (χ4n) is 4.76. The zero-order valence-corrected chi connectivity index (χ0v) is 24.0. The second-order valence-corrected chi connectivity index (χ2v) is 11.7. The van der Waals surface area contributed by atoms with Gasteiger partial charge >= 0.3 is 5.97 Å². The summed E-state index contributed by atoms with van der Waals surface area (Å²) in [6.45, 7) is 3.69. The number of thiophene rings is 1. The SMILES string of the molecule is CCOC(=O)c1c(NC(=O)C(C)Sc2c([O-])on[n+]2-c2ccc(OC)cc2)sc2c1CCC(c1ccccc1)C2. The summed E-state index contributed by atoms with van der Waals surface area (Å²) in [4.78, 5) is 27.4. The lowest BCUT2D eigenvalue weighted by atomic mass is 9.83. The monoisotopic (exact) mass is 579 g/mol. The molecule has 2 aromatic heterocycles. The first-order valence-electron chi connectivity index (χ1n) is 13.0. The van der Waals surface area contributed by atoms with Crippen LogP contribution in [0.1, 0.15) is 52.5 Å². The fraction of sp³-hybridized carbons (Fsp3) is 0.310. The van der Waals surface area contributed by atoms with E-state index >= 15 is 0 Å². The van der Waals surface area contributed by atoms with E-state index in [1.165, 1.54) is 21.6 Å². The van der Waals surface area contributed by atoms with Crippen LogP contribution in [-0.4, -0.2) is 36.1 Å². The van der Waals surface area contributed by atoms with Crippen molar-refractivity contribution in [3.63, 3.8) is 0 Å². The third-order valence-corrected chi connectivity index (χ3v) is 9.10. The number of nitrogens with one attached hydrogen (secondary N) is 1. The van der Waals surface area contributed by atoms with Crippen LogP contribution in [0.15, 0.2) is 64.1 Å². The molecule has 1 amide bonds. The number of aromatic nitrogens is 2. The summed E-state index contributed by atoms with van der Waals surface area (Å²) in [7, 11) is 1.56. The van der Waals surface area contributed by atoms with Crippen molar-refractivity contribution in [2.24, 2.45) is 0 Å². The van der Waals surface area contributed by atoms with Gasteiger partial charge in [0.25, 0.3) is 5.03 Å². The van der Waals surface area contributed by atoms with Crippen LogP contribution in [0.2, 0.25) is 0 Å². The Morgan fingerprint density at radius 1 is 1.23 bits per heavy atom. The van der Waals surface area contributed by atoms with Crippen molar-refractivity contribution >= 4 is 40.0 Å². The van der Waals surface area contributed by atoms with Crippen LogP contribution in [0.25, 0.3) is 5.69 Å². The van der Waals surface area contributed by atoms with Crippen LogP contribution in [0.5, 0.6) is 11.7 Å². The molecule has 2 atom stereocenters. The minimum atomic E-state index is -0.692. The summed E-state index contributed by atoms with van der Waals surface area (Å²) < 4.78 is 16.8. The van der Waals surface area contributed by atoms with Gasteiger partial charge in [0.1, 0.15) is 10.8 Å². The van der Waals surface area contributed by atoms with E-state index in [9.17, 15) is 14.7 Å². The maximum atomic E-state index is 13.4. The maximum absolute atomic E-state index is 13.4. The number of esters is 1. The largest absolute Gasteiger partial charge is 0.538 e. The molecule has 0 radical (unpaired) electrons. The van der Waals surface area contributed by atoms with E-state index in [4.69, 9.17) is 14.0 Å². The van der Waals surface area contributed by atoms with E-state index in [0.717, 1.165) is 41.5 Å². The van der Waals surface area contributed by atoms with Crippen molar-refractivity contribution < 1.29 is 33.4 Å². The van der Waals surface area contributed by atoms with Gasteiger partial charge in [-0.1, -0.05) is 30.3 Å². The number of hydrogen-bond donors (Lipinski definition) is 1. The third kappa shape index (κ3) is 5.71. The summed E-state index contributed by atoms with van der Waals surface area (Å²) >= 11 is 2.46. The standard InChI is InChI=1S/C29H29N3O6S2/c1-4-37-28(34)24-22-15-10-19(18-8-6-5-7-9-18)16-23(22)40-26(24)30-25(33)17(2)39-27-29(35)38-31-32(27)20-11-13-21(36-3)14-12-20/h5-9,11-14,17,19H,4,10,15-16H2,1-3H3,(H-,30,31,33,34,35). The Labute approximate surface area is 240 Å². The molecule has 11 heteroatoms. The van der Waals surface area contributed by atoms with Gasteiger partial charge < -0.3 is 24.4 Å². The smallest absolute Gasteiger partial charge is 0.341 e. The zero-order valence-electron chi connectivity index (χ0n) is 22.3. The van der Waals surface area contributed by atoms with Gasteiger partial charge in [-0.05, 0) is 78.7 Å². The topological polar surface area (TPSA) is 118 Å². The number of carbonyl (C=O) groups excluding carboxylic acids is 2. The Kier molecular flexibility index (Phi) is 8.41. The molecule has 208 valence electrons. The number of rotatable bonds is 9. The Morgan fingerprint density at radius 3 is 2.67 bits per heavy atom. The lowest BCUT2D eigenvalue weighted by molar-refractivity contribution is -0.705. The first kappa shape index (κ1) is 27.7. The number of anilines is 1. The Balaban J connectivity index is 1.37. The summed E-state index contributed by atoms with van der Waals surface area (Å²) in [5.41, 5.74) is 3.23. The Hall–Kier alpha value is -3.83. The fourth-order valence-corrected chi connectivity index (χ4v) is 6.96. The molecule has 5 rings (SSSR count). The molecule has 0 spiro atoms. The molecule has 0 bridgehead atoms. The van der Waals surface area contributed by atoms with Crippen molar-refractivity contribution in [1.29, 1.82) is 0 Å². The first-order valence-corrected chi connectivity index (χ1v) is 14.7. The highest BCUT2D eigenvalue weighted by Gasteiger charge is 2.32. The summed E-state index contributed by atoms with van der Waals surface area (Å²) in [6.07, 6.45) is 2.42. The van der Waals surface area contributed by atoms with Crippen LogP contribution in [0.3, 0.4) is 0 Å². The normalized spacial score (nSPS) is 15.2. The predicted octanol–water partition coefficient (Wildman–Crippen LogP) is 4.66. The van der Waals surface area contributed by atoms with E-state index in [0.29, 0.717) is 27.9 Å². The van der Waals surface area contributed by atoms with Crippen LogP contribution < -0.4 is 19.8 Å². The van der Waals surface area contributed by atoms with Gasteiger partial charge in [0.15, 0.2) is 5.95 Å². The summed E-state index contributed by atoms with van der Waals surface area (Å²) in [5.74, 6) is -0.435. The first-order chi connectivity index (χ1) is 19.4. The summed E-state index contributed by atoms with van der Waals surface area (Å²) in [5, 5.41) is 19.2. The number of benzene rings is 2. The zero-order chi connectivity index (χ0) is 28.2. The average molecular weight is 580 g/mol. The molecule has 9 nitrogen and oxygen atoms in total. The van der Waals surface area contributed by atoms with Gasteiger partial charge in [0, 0.05) is 17.0 Å². The molecule has 0 saturated carbocycles. The van der Waals surface area contributed by atoms with Crippen molar-refractivity contribution in [3.05, 3.63) is 76.2 Å². The Bertz CT molecular complexity index is 1500. The van der Waals surface area contributed by atoms with Crippen molar-refractivity contribution in [2.45, 2.75) is 49.3 Å². The highest BCUT2D eigenvalue weighted by atomic mass is 32.2. The molecule has 1 aliphatic carbocycles. The maximum Gasteiger partial charge on any atom is 0.341 e. The second-order valence-electron chi connectivity index (χ2n) is 9.30. The molecule has 0 aliphatic heterocycles. The van der Waals surface area contributed by atoms with Crippen LogP contribution in [-0.2, 0) is 22.4 Å². The number of thioether (sulfide) groups is 1. The van der Waals surface area contributed by atoms with E-state index in [1.54, 1.807) is 45.2 Å². The molecule has 1 aliphatic rings. The van der Waals surface area contributed by atoms with E-state index in [1.807, 2.05) is 18.2 Å². The molecular weight excluding hydrogens is 550 g/mol. The number of carbonyl (C=O) groups is 2. The second kappa shape index (κ2) is 12.1. The lowest BCUT2D eigenvalue weighted by Gasteiger charge is -2.23. The van der Waals surface area contributed by atoms with Gasteiger partial charge in [-0.25, -0.2) is 4.79 Å². The lowest BCUT2D eigenvalue weighted by Crippen LogP contribution is -2.36. The Morgan fingerprint density at radius 2 is 1.98 bits per heavy atom. The van der Waals surface area contributed by atoms with E-state index in [-0.39, 0.29) is 17.5 Å². The summed E-state index contributed by atoms with van der Waals surface area (Å²) in [6, 6.07) is 17.3. The van der Waals surface area contributed by atoms with Gasteiger partial charge in [-0.15, -0.1) is 11.3 Å². The van der Waals surface area contributed by atoms with Crippen LogP contribution in [0.4, 0.5) is 5.00 Å². The molecule has 2 aromatic carbocycles. The minimum absolute atomic E-state index is 0.162. The van der Waals surface area contributed by atoms with E-state index in [2.05, 4.69) is 22.7 Å². The number of nitrogens with zero attached hydrogens (tertiary/aromatic N) is 2. The molecule has 2 unspecified atom stereocenters. The van der Waals surface area contributed by atoms with Crippen molar-refractivity contribution in [1.82, 2.24) is 5.27 Å². The molecule has 2 heterocycles. The number of ether oxygens (including phenoxy) is 2. The molecule has 0 fully saturated rings. The third-order valence-electron chi connectivity index (χ3n) is 6.80. The predicted molar refractivity (Wildman–Crippen MR) is 149 cm³/mol. The van der Waals surface area contributed by atoms with Gasteiger partial charge in [-0.2, -0.15) is 0 Å². The molecule has 1 N–H and O–H groups in total. The quantitative estimate of drug-likeness (QED) is 0.173.